The number of anilines is 1. The van der Waals surface area contributed by atoms with E-state index >= 15 is 0 Å². The lowest BCUT2D eigenvalue weighted by Gasteiger charge is -2.33. The Morgan fingerprint density at radius 1 is 1.32 bits per heavy atom. The molecule has 1 aromatic heterocycles. The number of aryl methyl sites for hydroxylation is 1. The van der Waals surface area contributed by atoms with Crippen LogP contribution < -0.4 is 21.1 Å². The third-order valence-corrected chi connectivity index (χ3v) is 4.17. The second-order valence-electron chi connectivity index (χ2n) is 5.99. The zero-order valence-electron chi connectivity index (χ0n) is 14.9. The van der Waals surface area contributed by atoms with Crippen molar-refractivity contribution in [3.63, 3.8) is 0 Å². The van der Waals surface area contributed by atoms with Crippen molar-refractivity contribution in [1.29, 1.82) is 5.26 Å². The molecular formula is C16H26N8O. The van der Waals surface area contributed by atoms with E-state index in [1.807, 2.05) is 12.3 Å². The van der Waals surface area contributed by atoms with E-state index in [9.17, 15) is 4.79 Å². The summed E-state index contributed by atoms with van der Waals surface area (Å²) in [5.74, 6) is 1.32. The molecule has 0 radical (unpaired) electrons. The number of likely N-dealkylation sites (N-methyl/N-ethyl adjacent to an activating group) is 1. The normalized spacial score (nSPS) is 15.7. The average molecular weight is 346 g/mol. The molecule has 136 valence electrons. The first-order valence-corrected chi connectivity index (χ1v) is 8.51. The molecule has 0 bridgehead atoms. The molecule has 0 atom stereocenters. The van der Waals surface area contributed by atoms with Gasteiger partial charge < -0.3 is 15.1 Å². The zero-order valence-corrected chi connectivity index (χ0v) is 14.9. The highest BCUT2D eigenvalue weighted by Gasteiger charge is 2.16. The van der Waals surface area contributed by atoms with Gasteiger partial charge in [0.15, 0.2) is 6.19 Å². The van der Waals surface area contributed by atoms with Crippen LogP contribution in [0.15, 0.2) is 21.9 Å². The summed E-state index contributed by atoms with van der Waals surface area (Å²) >= 11 is 0. The van der Waals surface area contributed by atoms with E-state index in [4.69, 9.17) is 5.26 Å². The Morgan fingerprint density at radius 2 is 2.08 bits per heavy atom. The second kappa shape index (κ2) is 9.64. The Balaban J connectivity index is 1.82. The molecule has 1 aromatic rings. The van der Waals surface area contributed by atoms with Gasteiger partial charge in [0.1, 0.15) is 5.82 Å². The van der Waals surface area contributed by atoms with Gasteiger partial charge in [-0.25, -0.2) is 4.68 Å². The fraction of sp³-hybridized carbons (Fsp3) is 0.625. The molecule has 0 amide bonds. The van der Waals surface area contributed by atoms with Gasteiger partial charge in [-0.2, -0.15) is 10.4 Å². The third kappa shape index (κ3) is 5.76. The van der Waals surface area contributed by atoms with Crippen LogP contribution in [-0.4, -0.2) is 67.5 Å². The summed E-state index contributed by atoms with van der Waals surface area (Å²) < 4.78 is 1.54. The molecule has 2 N–H and O–H groups in total. The van der Waals surface area contributed by atoms with Crippen molar-refractivity contribution in [3.05, 3.63) is 22.5 Å². The molecule has 0 spiro atoms. The standard InChI is InChI=1S/C16H26N8O/c1-18-16(20-13-17)19-7-3-4-8-24-15(25)6-5-14(21-24)23-11-9-22(2)10-12-23/h5-6H,3-4,7-12H2,1-2H3,(H2,18,19,20). The number of nitriles is 1. The summed E-state index contributed by atoms with van der Waals surface area (Å²) in [5.41, 5.74) is -0.0761. The van der Waals surface area contributed by atoms with Crippen LogP contribution in [0.5, 0.6) is 0 Å². The van der Waals surface area contributed by atoms with Crippen LogP contribution in [0.2, 0.25) is 0 Å². The van der Waals surface area contributed by atoms with Crippen molar-refractivity contribution in [2.24, 2.45) is 4.99 Å². The predicted octanol–water partition coefficient (Wildman–Crippen LogP) is -0.579. The second-order valence-corrected chi connectivity index (χ2v) is 5.99. The maximum atomic E-state index is 12.0. The van der Waals surface area contributed by atoms with Crippen LogP contribution in [0.1, 0.15) is 12.8 Å². The first-order chi connectivity index (χ1) is 12.1. The van der Waals surface area contributed by atoms with Gasteiger partial charge in [-0.15, -0.1) is 0 Å². The van der Waals surface area contributed by atoms with Crippen molar-refractivity contribution in [2.45, 2.75) is 19.4 Å². The highest BCUT2D eigenvalue weighted by atomic mass is 16.1. The van der Waals surface area contributed by atoms with E-state index in [1.165, 1.54) is 4.68 Å². The van der Waals surface area contributed by atoms with E-state index in [1.54, 1.807) is 13.1 Å². The number of nitrogens with zero attached hydrogens (tertiary/aromatic N) is 6. The quantitative estimate of drug-likeness (QED) is 0.234. The van der Waals surface area contributed by atoms with Crippen molar-refractivity contribution in [2.75, 3.05) is 51.7 Å². The number of rotatable bonds is 6. The van der Waals surface area contributed by atoms with Gasteiger partial charge in [-0.05, 0) is 26.0 Å². The molecule has 0 unspecified atom stereocenters. The number of aromatic nitrogens is 2. The summed E-state index contributed by atoms with van der Waals surface area (Å²) in [6, 6.07) is 3.40. The summed E-state index contributed by atoms with van der Waals surface area (Å²) in [4.78, 5) is 20.4. The molecule has 9 nitrogen and oxygen atoms in total. The number of nitrogens with one attached hydrogen (secondary N) is 2. The van der Waals surface area contributed by atoms with E-state index in [2.05, 4.69) is 37.6 Å². The van der Waals surface area contributed by atoms with Crippen LogP contribution in [-0.2, 0) is 6.54 Å². The topological polar surface area (TPSA) is 102 Å². The van der Waals surface area contributed by atoms with Crippen LogP contribution in [0.25, 0.3) is 0 Å². The summed E-state index contributed by atoms with van der Waals surface area (Å²) in [6.07, 6.45) is 3.49. The van der Waals surface area contributed by atoms with Gasteiger partial charge in [0.2, 0.25) is 5.96 Å². The minimum atomic E-state index is -0.0761. The summed E-state index contributed by atoms with van der Waals surface area (Å²) in [7, 11) is 3.72. The number of hydrogen-bond acceptors (Lipinski definition) is 6. The number of hydrogen-bond donors (Lipinski definition) is 2. The molecule has 2 heterocycles. The van der Waals surface area contributed by atoms with Crippen LogP contribution in [0, 0.1) is 11.5 Å². The Labute approximate surface area is 147 Å². The fourth-order valence-corrected chi connectivity index (χ4v) is 2.63. The molecule has 1 aliphatic rings. The van der Waals surface area contributed by atoms with E-state index in [-0.39, 0.29) is 5.56 Å². The SMILES string of the molecule is CN=C(NC#N)NCCCCn1nc(N2CCN(C)CC2)ccc1=O. The largest absolute Gasteiger partial charge is 0.356 e. The number of piperazine rings is 1. The first kappa shape index (κ1) is 18.7. The molecule has 0 saturated carbocycles. The highest BCUT2D eigenvalue weighted by molar-refractivity contribution is 5.80. The molecule has 1 aliphatic heterocycles. The van der Waals surface area contributed by atoms with Crippen LogP contribution >= 0.6 is 0 Å². The fourth-order valence-electron chi connectivity index (χ4n) is 2.63. The molecule has 0 aromatic carbocycles. The van der Waals surface area contributed by atoms with Gasteiger partial charge in [0.25, 0.3) is 5.56 Å². The smallest absolute Gasteiger partial charge is 0.266 e. The number of unbranched alkanes of at least 4 members (excludes halogenated alkanes) is 1. The Kier molecular flexibility index (Phi) is 7.22. The van der Waals surface area contributed by atoms with Gasteiger partial charge in [0.05, 0.1) is 0 Å². The molecular weight excluding hydrogens is 320 g/mol. The first-order valence-electron chi connectivity index (χ1n) is 8.51. The minimum absolute atomic E-state index is 0.0761. The van der Waals surface area contributed by atoms with Crippen molar-refractivity contribution >= 4 is 11.8 Å². The maximum Gasteiger partial charge on any atom is 0.266 e. The summed E-state index contributed by atoms with van der Waals surface area (Å²) in [5, 5.41) is 18.6. The van der Waals surface area contributed by atoms with Crippen LogP contribution in [0.4, 0.5) is 5.82 Å². The van der Waals surface area contributed by atoms with Crippen molar-refractivity contribution in [3.8, 4) is 6.19 Å². The lowest BCUT2D eigenvalue weighted by Crippen LogP contribution is -2.45. The number of guanidine groups is 1. The molecule has 25 heavy (non-hydrogen) atoms. The molecule has 1 saturated heterocycles. The Hall–Kier alpha value is -2.60. The van der Waals surface area contributed by atoms with Gasteiger partial charge in [0, 0.05) is 52.4 Å². The average Bonchev–Trinajstić information content (AvgIpc) is 2.62. The number of aliphatic imine (C=N–C) groups is 1. The lowest BCUT2D eigenvalue weighted by molar-refractivity contribution is 0.311. The van der Waals surface area contributed by atoms with Gasteiger partial charge >= 0.3 is 0 Å². The molecule has 2 rings (SSSR count). The van der Waals surface area contributed by atoms with Gasteiger partial charge in [-0.1, -0.05) is 0 Å². The van der Waals surface area contributed by atoms with E-state index < -0.39 is 0 Å². The third-order valence-electron chi connectivity index (χ3n) is 4.17. The molecule has 9 heteroatoms. The highest BCUT2D eigenvalue weighted by Crippen LogP contribution is 2.10. The molecule has 0 aliphatic carbocycles. The summed E-state index contributed by atoms with van der Waals surface area (Å²) in [6.45, 7) is 5.11. The van der Waals surface area contributed by atoms with Gasteiger partial charge in [-0.3, -0.25) is 15.1 Å². The van der Waals surface area contributed by atoms with E-state index in [0.29, 0.717) is 19.0 Å². The van der Waals surface area contributed by atoms with Crippen molar-refractivity contribution < 1.29 is 0 Å². The van der Waals surface area contributed by atoms with Crippen molar-refractivity contribution in [1.82, 2.24) is 25.3 Å². The monoisotopic (exact) mass is 346 g/mol. The van der Waals surface area contributed by atoms with E-state index in [0.717, 1.165) is 44.8 Å². The minimum Gasteiger partial charge on any atom is -0.356 e. The Morgan fingerprint density at radius 3 is 2.76 bits per heavy atom. The Bertz CT molecular complexity index is 669. The predicted molar refractivity (Wildman–Crippen MR) is 97.6 cm³/mol. The van der Waals surface area contributed by atoms with Crippen LogP contribution in [0.3, 0.4) is 0 Å². The maximum absolute atomic E-state index is 12.0. The zero-order chi connectivity index (χ0) is 18.1. The molecule has 1 fully saturated rings. The lowest BCUT2D eigenvalue weighted by atomic mass is 10.3.